The zero-order chi connectivity index (χ0) is 37.2. The van der Waals surface area contributed by atoms with E-state index in [0.29, 0.717) is 0 Å². The Labute approximate surface area is 331 Å². The number of hydrogen-bond donors (Lipinski definition) is 0. The fourth-order valence-corrected chi connectivity index (χ4v) is 32.3. The van der Waals surface area contributed by atoms with Crippen LogP contribution in [0.3, 0.4) is 0 Å². The molecular formula is C48H36O4Si4. The Kier molecular flexibility index (Phi) is 7.85. The summed E-state index contributed by atoms with van der Waals surface area (Å²) in [6, 6.07) is 77.2. The lowest BCUT2D eigenvalue weighted by Crippen LogP contribution is -2.87. The van der Waals surface area contributed by atoms with Crippen LogP contribution in [0, 0.1) is 0 Å². The standard InChI is InChI=1S/C48H36O4Si4/c1-5-21-37(22-6-1)53(38-23-7-2-8-24-38)49-55(45-33-17-13-29-41(45)42-30-14-18-34-46(42)55)51-54(39-25-9-3-10-26-39,40-27-11-4-12-28-40)52-56(50-53)47-35-19-15-31-43(47)44-32-16-20-36-48(44)56/h1-36H. The first-order chi connectivity index (χ1) is 27.7. The zero-order valence-corrected chi connectivity index (χ0v) is 34.4. The lowest BCUT2D eigenvalue weighted by atomic mass is 10.1. The van der Waals surface area contributed by atoms with E-state index in [-0.39, 0.29) is 0 Å². The van der Waals surface area contributed by atoms with Gasteiger partial charge in [-0.3, -0.25) is 0 Å². The summed E-state index contributed by atoms with van der Waals surface area (Å²) in [5.41, 5.74) is 4.53. The van der Waals surface area contributed by atoms with E-state index in [1.165, 1.54) is 0 Å². The van der Waals surface area contributed by atoms with E-state index in [4.69, 9.17) is 16.5 Å². The van der Waals surface area contributed by atoms with Crippen molar-refractivity contribution in [2.75, 3.05) is 0 Å². The summed E-state index contributed by atoms with van der Waals surface area (Å²) in [7, 11) is -15.3. The van der Waals surface area contributed by atoms with Gasteiger partial charge in [0.1, 0.15) is 0 Å². The summed E-state index contributed by atoms with van der Waals surface area (Å²) in [6.45, 7) is 0. The Balaban J connectivity index is 1.34. The quantitative estimate of drug-likeness (QED) is 0.234. The van der Waals surface area contributed by atoms with Gasteiger partial charge in [-0.05, 0) is 43.0 Å². The topological polar surface area (TPSA) is 36.9 Å². The van der Waals surface area contributed by atoms with Gasteiger partial charge in [0.2, 0.25) is 0 Å². The lowest BCUT2D eigenvalue weighted by molar-refractivity contribution is 0.269. The Morgan fingerprint density at radius 1 is 0.196 bits per heavy atom. The molecule has 8 aromatic rings. The largest absolute Gasteiger partial charge is 0.402 e. The zero-order valence-electron chi connectivity index (χ0n) is 30.4. The number of rotatable bonds is 4. The Morgan fingerprint density at radius 2 is 0.393 bits per heavy atom. The monoisotopic (exact) mass is 788 g/mol. The van der Waals surface area contributed by atoms with Crippen LogP contribution in [0.1, 0.15) is 0 Å². The van der Waals surface area contributed by atoms with Crippen molar-refractivity contribution in [1.82, 2.24) is 0 Å². The van der Waals surface area contributed by atoms with Crippen LogP contribution in [-0.2, 0) is 16.5 Å². The van der Waals surface area contributed by atoms with Crippen LogP contribution in [-0.4, -0.2) is 34.2 Å². The molecule has 0 aliphatic carbocycles. The fourth-order valence-electron chi connectivity index (χ4n) is 9.08. The molecule has 2 spiro atoms. The van der Waals surface area contributed by atoms with Crippen molar-refractivity contribution in [3.8, 4) is 22.3 Å². The number of hydrogen-bond acceptors (Lipinski definition) is 4. The van der Waals surface area contributed by atoms with Gasteiger partial charge in [-0.2, -0.15) is 0 Å². The van der Waals surface area contributed by atoms with Gasteiger partial charge in [0.05, 0.1) is 0 Å². The van der Waals surface area contributed by atoms with Crippen LogP contribution in [0.4, 0.5) is 0 Å². The molecule has 0 atom stereocenters. The molecule has 268 valence electrons. The van der Waals surface area contributed by atoms with Crippen LogP contribution >= 0.6 is 0 Å². The van der Waals surface area contributed by atoms with Crippen LogP contribution in [0.5, 0.6) is 0 Å². The van der Waals surface area contributed by atoms with Crippen molar-refractivity contribution in [2.24, 2.45) is 0 Å². The van der Waals surface area contributed by atoms with Gasteiger partial charge in [-0.25, -0.2) is 0 Å². The van der Waals surface area contributed by atoms with Crippen molar-refractivity contribution in [2.45, 2.75) is 0 Å². The molecule has 8 heteroatoms. The predicted molar refractivity (Wildman–Crippen MR) is 234 cm³/mol. The highest BCUT2D eigenvalue weighted by Gasteiger charge is 2.70. The third-order valence-corrected chi connectivity index (χ3v) is 29.6. The summed E-state index contributed by atoms with van der Waals surface area (Å²) in [6.07, 6.45) is 0. The molecule has 0 unspecified atom stereocenters. The van der Waals surface area contributed by atoms with E-state index < -0.39 is 34.2 Å². The molecule has 0 N–H and O–H groups in total. The molecule has 0 radical (unpaired) electrons. The Morgan fingerprint density at radius 3 is 0.625 bits per heavy atom. The summed E-state index contributed by atoms with van der Waals surface area (Å²) in [5.74, 6) is 0. The van der Waals surface area contributed by atoms with Gasteiger partial charge >= 0.3 is 34.2 Å². The molecule has 3 heterocycles. The third-order valence-electron chi connectivity index (χ3n) is 11.5. The van der Waals surface area contributed by atoms with Crippen molar-refractivity contribution in [3.05, 3.63) is 218 Å². The Bertz CT molecular complexity index is 2350. The molecule has 56 heavy (non-hydrogen) atoms. The Hall–Kier alpha value is -5.53. The second-order valence-corrected chi connectivity index (χ2v) is 27.2. The fraction of sp³-hybridized carbons (Fsp3) is 0. The van der Waals surface area contributed by atoms with E-state index in [1.807, 2.05) is 0 Å². The first kappa shape index (κ1) is 33.8. The second kappa shape index (κ2) is 13.0. The highest BCUT2D eigenvalue weighted by Crippen LogP contribution is 2.40. The maximum atomic E-state index is 8.49. The first-order valence-corrected chi connectivity index (χ1v) is 26.4. The SMILES string of the molecule is c1ccc([Si]2(c3ccccc3)O[Si]3(O[Si](c4ccccc4)(c4ccccc4)O[Si]4(O2)c2ccccc2-c2ccccc24)c2ccccc2-c2ccccc23)cc1. The summed E-state index contributed by atoms with van der Waals surface area (Å²) in [4.78, 5) is 0. The van der Waals surface area contributed by atoms with Crippen LogP contribution < -0.4 is 41.5 Å². The number of fused-ring (bicyclic) bond motifs is 10. The molecule has 1 saturated heterocycles. The van der Waals surface area contributed by atoms with Gasteiger partial charge in [0.15, 0.2) is 0 Å². The molecule has 0 amide bonds. The molecule has 0 saturated carbocycles. The van der Waals surface area contributed by atoms with Gasteiger partial charge in [-0.15, -0.1) is 0 Å². The molecule has 0 aromatic heterocycles. The van der Waals surface area contributed by atoms with E-state index in [0.717, 1.165) is 63.7 Å². The van der Waals surface area contributed by atoms with E-state index in [9.17, 15) is 0 Å². The van der Waals surface area contributed by atoms with Crippen molar-refractivity contribution in [3.63, 3.8) is 0 Å². The van der Waals surface area contributed by atoms with Gasteiger partial charge in [-0.1, -0.05) is 218 Å². The molecule has 8 aromatic carbocycles. The highest BCUT2D eigenvalue weighted by atomic mass is 28.5. The highest BCUT2D eigenvalue weighted by molar-refractivity contribution is 7.18. The lowest BCUT2D eigenvalue weighted by Gasteiger charge is -2.52. The summed E-state index contributed by atoms with van der Waals surface area (Å²) < 4.78 is 34.0. The van der Waals surface area contributed by atoms with E-state index >= 15 is 0 Å². The minimum Gasteiger partial charge on any atom is -0.402 e. The third kappa shape index (κ3) is 4.82. The summed E-state index contributed by atoms with van der Waals surface area (Å²) >= 11 is 0. The van der Waals surface area contributed by atoms with Crippen molar-refractivity contribution in [1.29, 1.82) is 0 Å². The van der Waals surface area contributed by atoms with Crippen LogP contribution in [0.25, 0.3) is 22.3 Å². The molecule has 3 aliphatic heterocycles. The smallest absolute Gasteiger partial charge is 0.391 e. The minimum atomic E-state index is -3.83. The van der Waals surface area contributed by atoms with E-state index in [2.05, 4.69) is 218 Å². The normalized spacial score (nSPS) is 17.6. The van der Waals surface area contributed by atoms with Crippen LogP contribution in [0.15, 0.2) is 218 Å². The van der Waals surface area contributed by atoms with Crippen molar-refractivity contribution < 1.29 is 16.5 Å². The summed E-state index contributed by atoms with van der Waals surface area (Å²) in [5, 5.41) is 8.33. The average Bonchev–Trinajstić information content (AvgIpc) is 3.70. The first-order valence-electron chi connectivity index (χ1n) is 19.1. The van der Waals surface area contributed by atoms with E-state index in [1.54, 1.807) is 0 Å². The molecule has 4 nitrogen and oxygen atoms in total. The van der Waals surface area contributed by atoms with Gasteiger partial charge in [0, 0.05) is 20.7 Å². The van der Waals surface area contributed by atoms with Crippen molar-refractivity contribution >= 4 is 75.7 Å². The van der Waals surface area contributed by atoms with Gasteiger partial charge < -0.3 is 16.5 Å². The molecule has 1 fully saturated rings. The molecule has 11 rings (SSSR count). The average molecular weight is 789 g/mol. The molecule has 3 aliphatic rings. The minimum absolute atomic E-state index is 1.01. The number of benzene rings is 8. The maximum Gasteiger partial charge on any atom is 0.391 e. The second-order valence-electron chi connectivity index (χ2n) is 14.5. The predicted octanol–water partition coefficient (Wildman–Crippen LogP) is 5.05. The molecule has 0 bridgehead atoms. The van der Waals surface area contributed by atoms with Gasteiger partial charge in [0.25, 0.3) is 0 Å². The molecular weight excluding hydrogens is 753 g/mol. The van der Waals surface area contributed by atoms with Crippen LogP contribution in [0.2, 0.25) is 0 Å². The maximum absolute atomic E-state index is 8.49.